The second-order valence-corrected chi connectivity index (χ2v) is 6.40. The second kappa shape index (κ2) is 3.70. The molecule has 0 saturated carbocycles. The standard InChI is InChI=1S/C5H8Br3NO2/c1-4(7,3-6)5(2,8)9(10)11/h3H2,1-2H3. The van der Waals surface area contributed by atoms with Crippen molar-refractivity contribution in [2.45, 2.75) is 22.6 Å². The van der Waals surface area contributed by atoms with Crippen molar-refractivity contribution >= 4 is 47.8 Å². The molecule has 0 heterocycles. The van der Waals surface area contributed by atoms with E-state index < -0.39 is 8.77 Å². The van der Waals surface area contributed by atoms with Gasteiger partial charge in [-0.15, -0.1) is 0 Å². The van der Waals surface area contributed by atoms with Gasteiger partial charge in [-0.2, -0.15) is 0 Å². The molecule has 0 aliphatic heterocycles. The third kappa shape index (κ3) is 2.39. The number of hydrogen-bond donors (Lipinski definition) is 0. The summed E-state index contributed by atoms with van der Waals surface area (Å²) in [6.45, 7) is 3.27. The van der Waals surface area contributed by atoms with Crippen LogP contribution < -0.4 is 0 Å². The van der Waals surface area contributed by atoms with Crippen LogP contribution in [-0.2, 0) is 0 Å². The number of nitrogens with zero attached hydrogens (tertiary/aromatic N) is 1. The summed E-state index contributed by atoms with van der Waals surface area (Å²) in [5.41, 5.74) is 0. The summed E-state index contributed by atoms with van der Waals surface area (Å²) in [6, 6.07) is 0. The maximum atomic E-state index is 10.5. The van der Waals surface area contributed by atoms with Crippen molar-refractivity contribution in [1.82, 2.24) is 0 Å². The third-order valence-electron chi connectivity index (χ3n) is 1.55. The lowest BCUT2D eigenvalue weighted by Crippen LogP contribution is -2.47. The highest BCUT2D eigenvalue weighted by Gasteiger charge is 2.50. The van der Waals surface area contributed by atoms with E-state index in [1.807, 2.05) is 0 Å². The fourth-order valence-corrected chi connectivity index (χ4v) is 1.52. The predicted molar refractivity (Wildman–Crippen MR) is 55.5 cm³/mol. The van der Waals surface area contributed by atoms with Gasteiger partial charge in [0.05, 0.1) is 0 Å². The molecule has 0 aliphatic carbocycles. The Morgan fingerprint density at radius 1 is 1.45 bits per heavy atom. The average molecular weight is 354 g/mol. The summed E-state index contributed by atoms with van der Waals surface area (Å²) >= 11 is 9.51. The van der Waals surface area contributed by atoms with Gasteiger partial charge in [-0.25, -0.2) is 0 Å². The van der Waals surface area contributed by atoms with Crippen molar-refractivity contribution in [2.24, 2.45) is 0 Å². The molecule has 11 heavy (non-hydrogen) atoms. The predicted octanol–water partition coefficient (Wildman–Crippen LogP) is 2.92. The maximum absolute atomic E-state index is 10.5. The third-order valence-corrected chi connectivity index (χ3v) is 6.17. The van der Waals surface area contributed by atoms with Crippen molar-refractivity contribution in [3.05, 3.63) is 10.1 Å². The van der Waals surface area contributed by atoms with Gasteiger partial charge in [0.25, 0.3) is 4.45 Å². The van der Waals surface area contributed by atoms with Crippen molar-refractivity contribution in [1.29, 1.82) is 0 Å². The summed E-state index contributed by atoms with van der Waals surface area (Å²) in [7, 11) is 0. The Balaban J connectivity index is 4.67. The van der Waals surface area contributed by atoms with E-state index in [1.165, 1.54) is 6.92 Å². The molecule has 3 nitrogen and oxygen atoms in total. The first-order chi connectivity index (χ1) is 4.75. The lowest BCUT2D eigenvalue weighted by atomic mass is 10.1. The highest BCUT2D eigenvalue weighted by molar-refractivity contribution is 9.14. The number of rotatable bonds is 3. The van der Waals surface area contributed by atoms with Gasteiger partial charge in [-0.1, -0.05) is 31.9 Å². The van der Waals surface area contributed by atoms with Gasteiger partial charge in [0.1, 0.15) is 4.32 Å². The minimum Gasteiger partial charge on any atom is -0.263 e. The monoisotopic (exact) mass is 351 g/mol. The van der Waals surface area contributed by atoms with E-state index >= 15 is 0 Å². The van der Waals surface area contributed by atoms with Gasteiger partial charge in [-0.05, 0) is 6.92 Å². The Morgan fingerprint density at radius 2 is 1.82 bits per heavy atom. The van der Waals surface area contributed by atoms with Crippen molar-refractivity contribution in [2.75, 3.05) is 5.33 Å². The van der Waals surface area contributed by atoms with Gasteiger partial charge < -0.3 is 0 Å². The van der Waals surface area contributed by atoms with Crippen molar-refractivity contribution < 1.29 is 4.92 Å². The molecule has 0 aliphatic rings. The summed E-state index contributed by atoms with van der Waals surface area (Å²) in [4.78, 5) is 10.2. The molecule has 0 bridgehead atoms. The quantitative estimate of drug-likeness (QED) is 0.339. The SMILES string of the molecule is CC(Br)(CBr)C(C)(Br)[N+](=O)[O-]. The van der Waals surface area contributed by atoms with Crippen LogP contribution in [0, 0.1) is 10.1 Å². The van der Waals surface area contributed by atoms with E-state index in [1.54, 1.807) is 6.92 Å². The van der Waals surface area contributed by atoms with Crippen LogP contribution in [0.5, 0.6) is 0 Å². The normalized spacial score (nSPS) is 21.9. The first-order valence-electron chi connectivity index (χ1n) is 2.84. The van der Waals surface area contributed by atoms with E-state index in [-0.39, 0.29) is 4.92 Å². The van der Waals surface area contributed by atoms with Crippen molar-refractivity contribution in [3.63, 3.8) is 0 Å². The zero-order valence-corrected chi connectivity index (χ0v) is 10.9. The number of alkyl halides is 3. The molecule has 2 unspecified atom stereocenters. The maximum Gasteiger partial charge on any atom is 0.287 e. The lowest BCUT2D eigenvalue weighted by molar-refractivity contribution is -0.534. The van der Waals surface area contributed by atoms with Crippen LogP contribution >= 0.6 is 47.8 Å². The van der Waals surface area contributed by atoms with Crippen LogP contribution in [0.25, 0.3) is 0 Å². The van der Waals surface area contributed by atoms with Gasteiger partial charge >= 0.3 is 0 Å². The first kappa shape index (κ1) is 11.8. The second-order valence-electron chi connectivity index (χ2n) is 2.54. The van der Waals surface area contributed by atoms with Gasteiger partial charge in [0.2, 0.25) is 0 Å². The lowest BCUT2D eigenvalue weighted by Gasteiger charge is -2.28. The molecule has 6 heteroatoms. The van der Waals surface area contributed by atoms with Crippen LogP contribution in [0.2, 0.25) is 0 Å². The fraction of sp³-hybridized carbons (Fsp3) is 1.00. The average Bonchev–Trinajstić information content (AvgIpc) is 1.87. The van der Waals surface area contributed by atoms with Gasteiger partial charge in [0, 0.05) is 33.1 Å². The van der Waals surface area contributed by atoms with Crippen molar-refractivity contribution in [3.8, 4) is 0 Å². The van der Waals surface area contributed by atoms with E-state index in [4.69, 9.17) is 0 Å². The molecule has 2 atom stereocenters. The molecule has 0 rings (SSSR count). The molecule has 0 radical (unpaired) electrons. The fourth-order valence-electron chi connectivity index (χ4n) is 0.312. The molecule has 66 valence electrons. The molecule has 0 spiro atoms. The van der Waals surface area contributed by atoms with Gasteiger partial charge in [-0.3, -0.25) is 10.1 Å². The first-order valence-corrected chi connectivity index (χ1v) is 5.54. The van der Waals surface area contributed by atoms with E-state index in [9.17, 15) is 10.1 Å². The Hall–Kier alpha value is 0.840. The van der Waals surface area contributed by atoms with Crippen LogP contribution in [0.15, 0.2) is 0 Å². The molecular formula is C5H8Br3NO2. The molecule has 0 saturated heterocycles. The zero-order valence-electron chi connectivity index (χ0n) is 6.10. The van der Waals surface area contributed by atoms with Gasteiger partial charge in [0.15, 0.2) is 0 Å². The summed E-state index contributed by atoms with van der Waals surface area (Å²) in [6.07, 6.45) is 0. The highest BCUT2D eigenvalue weighted by atomic mass is 79.9. The Morgan fingerprint density at radius 3 is 1.91 bits per heavy atom. The molecular weight excluding hydrogens is 346 g/mol. The minimum atomic E-state index is -1.15. The Labute approximate surface area is 90.5 Å². The molecule has 0 N–H and O–H groups in total. The van der Waals surface area contributed by atoms with Crippen LogP contribution in [-0.4, -0.2) is 19.0 Å². The number of nitro groups is 1. The van der Waals surface area contributed by atoms with E-state index in [2.05, 4.69) is 47.8 Å². The minimum absolute atomic E-state index is 0.358. The Kier molecular flexibility index (Phi) is 3.98. The number of halogens is 3. The summed E-state index contributed by atoms with van der Waals surface area (Å²) in [5.74, 6) is 0. The van der Waals surface area contributed by atoms with Crippen LogP contribution in [0.1, 0.15) is 13.8 Å². The summed E-state index contributed by atoms with van der Waals surface area (Å²) in [5, 5.41) is 11.0. The largest absolute Gasteiger partial charge is 0.287 e. The highest BCUT2D eigenvalue weighted by Crippen LogP contribution is 2.39. The molecule has 0 aromatic heterocycles. The molecule has 0 aromatic carbocycles. The van der Waals surface area contributed by atoms with Crippen LogP contribution in [0.3, 0.4) is 0 Å². The van der Waals surface area contributed by atoms with E-state index in [0.29, 0.717) is 5.33 Å². The number of hydrogen-bond acceptors (Lipinski definition) is 2. The molecule has 0 fully saturated rings. The van der Waals surface area contributed by atoms with Crippen LogP contribution in [0.4, 0.5) is 0 Å². The zero-order chi connectivity index (χ0) is 9.28. The summed E-state index contributed by atoms with van der Waals surface area (Å²) < 4.78 is -1.74. The Bertz CT molecular complexity index is 169. The molecule has 0 aromatic rings. The van der Waals surface area contributed by atoms with E-state index in [0.717, 1.165) is 0 Å². The topological polar surface area (TPSA) is 43.1 Å². The smallest absolute Gasteiger partial charge is 0.263 e. The molecule has 0 amide bonds.